The van der Waals surface area contributed by atoms with Crippen LogP contribution in [0.4, 0.5) is 5.69 Å². The van der Waals surface area contributed by atoms with Crippen molar-refractivity contribution in [2.24, 2.45) is 0 Å². The number of hydrogen-bond acceptors (Lipinski definition) is 4. The number of nitrogens with zero attached hydrogens (tertiary/aromatic N) is 3. The molecule has 2 heterocycles. The normalized spacial score (nSPS) is 15.9. The van der Waals surface area contributed by atoms with Crippen LogP contribution in [-0.2, 0) is 4.79 Å². The maximum absolute atomic E-state index is 12.5. The average Bonchev–Trinajstić information content (AvgIpc) is 3.16. The Balaban J connectivity index is 1.91. The molecule has 2 aromatic rings. The lowest BCUT2D eigenvalue weighted by Crippen LogP contribution is -2.27. The Hall–Kier alpha value is -2.31. The molecule has 128 valence electrons. The lowest BCUT2D eigenvalue weighted by Gasteiger charge is -2.14. The number of thioether (sulfide) groups is 1. The fourth-order valence-electron chi connectivity index (χ4n) is 2.58. The second-order valence-corrected chi connectivity index (χ2v) is 7.47. The molecule has 0 radical (unpaired) electrons. The van der Waals surface area contributed by atoms with Gasteiger partial charge in [-0.25, -0.2) is 0 Å². The van der Waals surface area contributed by atoms with Gasteiger partial charge < -0.3 is 9.47 Å². The zero-order valence-electron chi connectivity index (χ0n) is 14.2. The van der Waals surface area contributed by atoms with Crippen molar-refractivity contribution in [2.75, 3.05) is 25.5 Å². The van der Waals surface area contributed by atoms with Crippen molar-refractivity contribution in [3.8, 4) is 5.69 Å². The monoisotopic (exact) mass is 369 g/mol. The molecule has 1 aromatic carbocycles. The van der Waals surface area contributed by atoms with Crippen LogP contribution in [0.5, 0.6) is 0 Å². The van der Waals surface area contributed by atoms with Gasteiger partial charge in [0.2, 0.25) is 0 Å². The molecule has 1 saturated heterocycles. The molecule has 1 fully saturated rings. The first-order valence-electron chi connectivity index (χ1n) is 7.82. The third-order valence-corrected chi connectivity index (χ3v) is 5.27. The Bertz CT molecular complexity index is 850. The van der Waals surface area contributed by atoms with Gasteiger partial charge in [0.25, 0.3) is 5.91 Å². The average molecular weight is 370 g/mol. The van der Waals surface area contributed by atoms with E-state index in [0.717, 1.165) is 17.1 Å². The van der Waals surface area contributed by atoms with Crippen molar-refractivity contribution in [3.63, 3.8) is 0 Å². The summed E-state index contributed by atoms with van der Waals surface area (Å²) in [5, 5.41) is 0. The van der Waals surface area contributed by atoms with E-state index in [-0.39, 0.29) is 5.91 Å². The van der Waals surface area contributed by atoms with E-state index in [1.165, 1.54) is 11.8 Å². The van der Waals surface area contributed by atoms with Gasteiger partial charge in [-0.1, -0.05) is 30.1 Å². The number of hydrogen-bond donors (Lipinski definition) is 0. The van der Waals surface area contributed by atoms with Gasteiger partial charge in [-0.15, -0.1) is 6.58 Å². The van der Waals surface area contributed by atoms with E-state index in [4.69, 9.17) is 12.2 Å². The molecule has 1 aliphatic rings. The SMILES string of the molecule is C=CCN1C(=O)/C(=C/c2cccn2-c2ccc(N(C)C)cc2)SC1=S. The zero-order chi connectivity index (χ0) is 18.0. The predicted molar refractivity (Wildman–Crippen MR) is 110 cm³/mol. The first-order chi connectivity index (χ1) is 12.0. The Morgan fingerprint density at radius 1 is 1.24 bits per heavy atom. The molecule has 1 aliphatic heterocycles. The first-order valence-corrected chi connectivity index (χ1v) is 9.05. The third-order valence-electron chi connectivity index (χ3n) is 3.89. The molecule has 0 atom stereocenters. The fourth-order valence-corrected chi connectivity index (χ4v) is 3.84. The van der Waals surface area contributed by atoms with E-state index in [9.17, 15) is 4.79 Å². The van der Waals surface area contributed by atoms with Gasteiger partial charge in [0, 0.05) is 43.9 Å². The van der Waals surface area contributed by atoms with E-state index in [2.05, 4.69) is 40.3 Å². The molecule has 0 aliphatic carbocycles. The van der Waals surface area contributed by atoms with Crippen LogP contribution < -0.4 is 4.90 Å². The van der Waals surface area contributed by atoms with Crippen LogP contribution in [-0.4, -0.2) is 40.3 Å². The molecular formula is C19H19N3OS2. The minimum absolute atomic E-state index is 0.0643. The number of anilines is 1. The number of carbonyl (C=O) groups excluding carboxylic acids is 1. The van der Waals surface area contributed by atoms with Crippen LogP contribution in [0.15, 0.2) is 60.2 Å². The van der Waals surface area contributed by atoms with E-state index in [0.29, 0.717) is 15.8 Å². The first kappa shape index (κ1) is 17.5. The number of benzene rings is 1. The van der Waals surface area contributed by atoms with Crippen LogP contribution in [0.2, 0.25) is 0 Å². The molecule has 4 nitrogen and oxygen atoms in total. The van der Waals surface area contributed by atoms with Crippen LogP contribution in [0, 0.1) is 0 Å². The summed E-state index contributed by atoms with van der Waals surface area (Å²) in [7, 11) is 4.03. The lowest BCUT2D eigenvalue weighted by atomic mass is 10.2. The molecule has 25 heavy (non-hydrogen) atoms. The summed E-state index contributed by atoms with van der Waals surface area (Å²) in [5.41, 5.74) is 3.13. The largest absolute Gasteiger partial charge is 0.378 e. The van der Waals surface area contributed by atoms with Crippen LogP contribution in [0.25, 0.3) is 11.8 Å². The van der Waals surface area contributed by atoms with Gasteiger partial charge in [-0.2, -0.15) is 0 Å². The summed E-state index contributed by atoms with van der Waals surface area (Å²) in [6.45, 7) is 4.12. The summed E-state index contributed by atoms with van der Waals surface area (Å²) in [6, 6.07) is 12.2. The van der Waals surface area contributed by atoms with E-state index in [1.54, 1.807) is 11.0 Å². The van der Waals surface area contributed by atoms with Gasteiger partial charge in [-0.3, -0.25) is 9.69 Å². The molecule has 0 spiro atoms. The molecule has 0 N–H and O–H groups in total. The zero-order valence-corrected chi connectivity index (χ0v) is 15.8. The van der Waals surface area contributed by atoms with E-state index < -0.39 is 0 Å². The van der Waals surface area contributed by atoms with Crippen LogP contribution >= 0.6 is 24.0 Å². The molecule has 0 unspecified atom stereocenters. The highest BCUT2D eigenvalue weighted by Gasteiger charge is 2.31. The summed E-state index contributed by atoms with van der Waals surface area (Å²) in [5.74, 6) is -0.0643. The smallest absolute Gasteiger partial charge is 0.266 e. The Kier molecular flexibility index (Phi) is 5.11. The molecule has 1 aromatic heterocycles. The second-order valence-electron chi connectivity index (χ2n) is 5.79. The Morgan fingerprint density at radius 2 is 1.96 bits per heavy atom. The van der Waals surface area contributed by atoms with Gasteiger partial charge in [0.15, 0.2) is 0 Å². The minimum atomic E-state index is -0.0643. The fraction of sp³-hybridized carbons (Fsp3) is 0.158. The number of amides is 1. The van der Waals surface area contributed by atoms with Gasteiger partial charge in [0.05, 0.1) is 4.91 Å². The lowest BCUT2D eigenvalue weighted by molar-refractivity contribution is -0.121. The number of rotatable bonds is 5. The van der Waals surface area contributed by atoms with Crippen LogP contribution in [0.3, 0.4) is 0 Å². The third kappa shape index (κ3) is 3.55. The van der Waals surface area contributed by atoms with Gasteiger partial charge >= 0.3 is 0 Å². The van der Waals surface area contributed by atoms with Gasteiger partial charge in [0.1, 0.15) is 4.32 Å². The number of aromatic nitrogens is 1. The molecule has 0 saturated carbocycles. The topological polar surface area (TPSA) is 28.5 Å². The van der Waals surface area contributed by atoms with Crippen molar-refractivity contribution in [1.82, 2.24) is 9.47 Å². The number of carbonyl (C=O) groups is 1. The predicted octanol–water partition coefficient (Wildman–Crippen LogP) is 3.93. The van der Waals surface area contributed by atoms with Crippen molar-refractivity contribution in [2.45, 2.75) is 0 Å². The quantitative estimate of drug-likeness (QED) is 0.454. The van der Waals surface area contributed by atoms with Gasteiger partial charge in [-0.05, 0) is 42.5 Å². The summed E-state index contributed by atoms with van der Waals surface area (Å²) in [6.07, 6.45) is 5.56. The maximum Gasteiger partial charge on any atom is 0.266 e. The molecule has 3 rings (SSSR count). The highest BCUT2D eigenvalue weighted by Crippen LogP contribution is 2.32. The Labute approximate surface area is 157 Å². The van der Waals surface area contributed by atoms with Crippen molar-refractivity contribution < 1.29 is 4.79 Å². The minimum Gasteiger partial charge on any atom is -0.378 e. The highest BCUT2D eigenvalue weighted by molar-refractivity contribution is 8.26. The molecule has 6 heteroatoms. The summed E-state index contributed by atoms with van der Waals surface area (Å²) < 4.78 is 2.63. The van der Waals surface area contributed by atoms with Crippen molar-refractivity contribution in [3.05, 3.63) is 65.8 Å². The van der Waals surface area contributed by atoms with Crippen molar-refractivity contribution >= 4 is 46.0 Å². The van der Waals surface area contributed by atoms with E-state index >= 15 is 0 Å². The molecular weight excluding hydrogens is 350 g/mol. The van der Waals surface area contributed by atoms with Crippen molar-refractivity contribution in [1.29, 1.82) is 0 Å². The summed E-state index contributed by atoms with van der Waals surface area (Å²) >= 11 is 6.62. The summed E-state index contributed by atoms with van der Waals surface area (Å²) in [4.78, 5) is 16.8. The Morgan fingerprint density at radius 3 is 2.60 bits per heavy atom. The maximum atomic E-state index is 12.5. The van der Waals surface area contributed by atoms with Crippen LogP contribution in [0.1, 0.15) is 5.69 Å². The van der Waals surface area contributed by atoms with E-state index in [1.807, 2.05) is 38.5 Å². The standard InChI is InChI=1S/C19H19N3OS2/c1-4-11-22-18(23)17(25-19(22)24)13-16-6-5-12-21(16)15-9-7-14(8-10-15)20(2)3/h4-10,12-13H,1,11H2,2-3H3/b17-13-. The second kappa shape index (κ2) is 7.29. The number of thiocarbonyl (C=S) groups is 1. The highest BCUT2D eigenvalue weighted by atomic mass is 32.2. The molecule has 0 bridgehead atoms. The molecule has 1 amide bonds.